The van der Waals surface area contributed by atoms with Crippen molar-refractivity contribution in [3.63, 3.8) is 0 Å². The number of nitrogens with one attached hydrogen (secondary N) is 1. The van der Waals surface area contributed by atoms with Gasteiger partial charge in [0.05, 0.1) is 11.3 Å². The van der Waals surface area contributed by atoms with Crippen LogP contribution in [0.3, 0.4) is 0 Å². The van der Waals surface area contributed by atoms with Crippen LogP contribution in [0.4, 0.5) is 5.69 Å². The van der Waals surface area contributed by atoms with Crippen molar-refractivity contribution in [3.05, 3.63) is 40.9 Å². The summed E-state index contributed by atoms with van der Waals surface area (Å²) in [5.41, 5.74) is 0.555. The number of carbonyl (C=O) groups excluding carboxylic acids is 2. The van der Waals surface area contributed by atoms with Crippen molar-refractivity contribution in [1.82, 2.24) is 5.32 Å². The Bertz CT molecular complexity index is 774. The zero-order valence-corrected chi connectivity index (χ0v) is 18.3. The Morgan fingerprint density at radius 3 is 2.54 bits per heavy atom. The van der Waals surface area contributed by atoms with Crippen molar-refractivity contribution in [2.24, 2.45) is 5.92 Å². The fourth-order valence-corrected chi connectivity index (χ4v) is 3.36. The highest BCUT2D eigenvalue weighted by Gasteiger charge is 2.34. The fraction of sp³-hybridized carbons (Fsp3) is 0.476. The Labute approximate surface area is 177 Å². The van der Waals surface area contributed by atoms with E-state index in [-0.39, 0.29) is 16.3 Å². The molecule has 0 saturated carbocycles. The second kappa shape index (κ2) is 9.63. The van der Waals surface area contributed by atoms with Gasteiger partial charge in [-0.1, -0.05) is 37.4 Å². The molecule has 1 aromatic carbocycles. The van der Waals surface area contributed by atoms with E-state index in [1.807, 2.05) is 0 Å². The lowest BCUT2D eigenvalue weighted by atomic mass is 9.94. The second-order valence-electron chi connectivity index (χ2n) is 7.69. The standard InChI is InChI=1S/C21H27ClN2O3S/c1-14(6-5-13-21(2,3)27-4)7-12-17-18(25)23-20(28)24(19(17)26)16-10-8-15(22)9-11-16/h8-12,14H,5-7,13H2,1-4H3,(H,23,25,28)/b17-12-. The molecule has 5 nitrogen and oxygen atoms in total. The second-order valence-corrected chi connectivity index (χ2v) is 8.51. The van der Waals surface area contributed by atoms with Gasteiger partial charge in [0.25, 0.3) is 11.8 Å². The van der Waals surface area contributed by atoms with Gasteiger partial charge in [0, 0.05) is 12.1 Å². The van der Waals surface area contributed by atoms with Crippen LogP contribution in [-0.2, 0) is 14.3 Å². The Morgan fingerprint density at radius 1 is 1.29 bits per heavy atom. The lowest BCUT2D eigenvalue weighted by Gasteiger charge is -2.29. The van der Waals surface area contributed by atoms with Gasteiger partial charge in [-0.2, -0.15) is 0 Å². The van der Waals surface area contributed by atoms with Crippen molar-refractivity contribution in [2.45, 2.75) is 52.1 Å². The number of ether oxygens (including phenoxy) is 1. The molecule has 1 atom stereocenters. The number of hydrogen-bond donors (Lipinski definition) is 1. The summed E-state index contributed by atoms with van der Waals surface area (Å²) < 4.78 is 5.44. The third kappa shape index (κ3) is 5.87. The molecule has 1 aliphatic rings. The molecule has 28 heavy (non-hydrogen) atoms. The van der Waals surface area contributed by atoms with Crippen molar-refractivity contribution in [1.29, 1.82) is 0 Å². The molecule has 152 valence electrons. The molecule has 7 heteroatoms. The Morgan fingerprint density at radius 2 is 1.93 bits per heavy atom. The zero-order chi connectivity index (χ0) is 20.9. The normalized spacial score (nSPS) is 17.8. The van der Waals surface area contributed by atoms with Gasteiger partial charge in [-0.15, -0.1) is 0 Å². The van der Waals surface area contributed by atoms with Gasteiger partial charge in [0.1, 0.15) is 5.57 Å². The van der Waals surface area contributed by atoms with E-state index in [2.05, 4.69) is 26.1 Å². The van der Waals surface area contributed by atoms with Gasteiger partial charge in [0.2, 0.25) is 0 Å². The van der Waals surface area contributed by atoms with E-state index in [9.17, 15) is 9.59 Å². The van der Waals surface area contributed by atoms with Crippen LogP contribution < -0.4 is 10.2 Å². The van der Waals surface area contributed by atoms with E-state index in [1.165, 1.54) is 4.90 Å². The molecule has 1 fully saturated rings. The molecule has 2 amide bonds. The van der Waals surface area contributed by atoms with Crippen LogP contribution in [0.2, 0.25) is 5.02 Å². The number of carbonyl (C=O) groups is 2. The zero-order valence-electron chi connectivity index (χ0n) is 16.8. The highest BCUT2D eigenvalue weighted by atomic mass is 35.5. The summed E-state index contributed by atoms with van der Waals surface area (Å²) >= 11 is 11.1. The number of benzene rings is 1. The first-order valence-electron chi connectivity index (χ1n) is 9.35. The smallest absolute Gasteiger partial charge is 0.269 e. The minimum atomic E-state index is -0.451. The first kappa shape index (κ1) is 22.5. The largest absolute Gasteiger partial charge is 0.379 e. The van der Waals surface area contributed by atoms with Gasteiger partial charge in [-0.05, 0) is 69.1 Å². The van der Waals surface area contributed by atoms with Crippen molar-refractivity contribution < 1.29 is 14.3 Å². The number of anilines is 1. The Hall–Kier alpha value is -1.76. The first-order valence-corrected chi connectivity index (χ1v) is 10.1. The monoisotopic (exact) mass is 422 g/mol. The third-order valence-corrected chi connectivity index (χ3v) is 5.48. The number of amides is 2. The minimum absolute atomic E-state index is 0.0734. The van der Waals surface area contributed by atoms with Crippen LogP contribution in [0.1, 0.15) is 46.5 Å². The summed E-state index contributed by atoms with van der Waals surface area (Å²) in [5, 5.41) is 3.23. The van der Waals surface area contributed by atoms with E-state index in [4.69, 9.17) is 28.6 Å². The van der Waals surface area contributed by atoms with Gasteiger partial charge < -0.3 is 4.74 Å². The molecule has 1 saturated heterocycles. The maximum atomic E-state index is 12.9. The van der Waals surface area contributed by atoms with Crippen molar-refractivity contribution in [3.8, 4) is 0 Å². The molecular weight excluding hydrogens is 396 g/mol. The topological polar surface area (TPSA) is 58.6 Å². The Balaban J connectivity index is 2.04. The summed E-state index contributed by atoms with van der Waals surface area (Å²) in [6.07, 6.45) is 5.33. The molecule has 1 heterocycles. The SMILES string of the molecule is COC(C)(C)CCCC(C)C/C=C1/C(=O)NC(=S)N(c2ccc(Cl)cc2)C1=O. The van der Waals surface area contributed by atoms with Gasteiger partial charge >= 0.3 is 0 Å². The number of methoxy groups -OCH3 is 1. The average Bonchev–Trinajstić information content (AvgIpc) is 2.62. The number of thiocarbonyl (C=S) groups is 1. The lowest BCUT2D eigenvalue weighted by molar-refractivity contribution is -0.122. The molecule has 1 unspecified atom stereocenters. The van der Waals surface area contributed by atoms with Crippen LogP contribution in [0.15, 0.2) is 35.9 Å². The number of hydrogen-bond acceptors (Lipinski definition) is 4. The van der Waals surface area contributed by atoms with Crippen LogP contribution >= 0.6 is 23.8 Å². The predicted molar refractivity (Wildman–Crippen MR) is 116 cm³/mol. The first-order chi connectivity index (χ1) is 13.1. The van der Waals surface area contributed by atoms with E-state index >= 15 is 0 Å². The molecule has 0 aromatic heterocycles. The fourth-order valence-electron chi connectivity index (χ4n) is 2.95. The molecular formula is C21H27ClN2O3S. The van der Waals surface area contributed by atoms with Crippen LogP contribution in [0.5, 0.6) is 0 Å². The number of halogens is 1. The molecule has 1 aromatic rings. The summed E-state index contributed by atoms with van der Waals surface area (Å²) in [6, 6.07) is 6.75. The summed E-state index contributed by atoms with van der Waals surface area (Å²) in [6.45, 7) is 6.25. The van der Waals surface area contributed by atoms with Gasteiger partial charge in [-0.3, -0.25) is 19.8 Å². The molecule has 0 bridgehead atoms. The Kier molecular flexibility index (Phi) is 7.75. The molecule has 0 radical (unpaired) electrons. The highest BCUT2D eigenvalue weighted by molar-refractivity contribution is 7.80. The van der Waals surface area contributed by atoms with Crippen molar-refractivity contribution >= 4 is 46.4 Å². The van der Waals surface area contributed by atoms with Crippen LogP contribution in [0.25, 0.3) is 0 Å². The molecule has 1 aliphatic heterocycles. The third-order valence-electron chi connectivity index (χ3n) is 4.94. The highest BCUT2D eigenvalue weighted by Crippen LogP contribution is 2.24. The molecule has 0 spiro atoms. The summed E-state index contributed by atoms with van der Waals surface area (Å²) in [7, 11) is 1.72. The molecule has 2 rings (SSSR count). The van der Waals surface area contributed by atoms with E-state index in [0.717, 1.165) is 19.3 Å². The van der Waals surface area contributed by atoms with Crippen LogP contribution in [-0.4, -0.2) is 29.6 Å². The van der Waals surface area contributed by atoms with Crippen molar-refractivity contribution in [2.75, 3.05) is 12.0 Å². The lowest BCUT2D eigenvalue weighted by Crippen LogP contribution is -2.54. The average molecular weight is 423 g/mol. The van der Waals surface area contributed by atoms with E-state index in [0.29, 0.717) is 23.0 Å². The van der Waals surface area contributed by atoms with E-state index < -0.39 is 11.8 Å². The maximum absolute atomic E-state index is 12.9. The quantitative estimate of drug-likeness (QED) is 0.377. The molecule has 0 aliphatic carbocycles. The van der Waals surface area contributed by atoms with Gasteiger partial charge in [0.15, 0.2) is 5.11 Å². The van der Waals surface area contributed by atoms with Crippen LogP contribution in [0, 0.1) is 5.92 Å². The minimum Gasteiger partial charge on any atom is -0.379 e. The predicted octanol–water partition coefficient (Wildman–Crippen LogP) is 4.64. The number of allylic oxidation sites excluding steroid dienone is 1. The maximum Gasteiger partial charge on any atom is 0.269 e. The van der Waals surface area contributed by atoms with Gasteiger partial charge in [-0.25, -0.2) is 0 Å². The summed E-state index contributed by atoms with van der Waals surface area (Å²) in [5.74, 6) is -0.518. The molecule has 1 N–H and O–H groups in total. The summed E-state index contributed by atoms with van der Waals surface area (Å²) in [4.78, 5) is 26.5. The number of rotatable bonds is 8. The number of nitrogens with zero attached hydrogens (tertiary/aromatic N) is 1. The van der Waals surface area contributed by atoms with E-state index in [1.54, 1.807) is 37.5 Å².